The van der Waals surface area contributed by atoms with Crippen molar-refractivity contribution in [2.45, 2.75) is 46.3 Å². The van der Waals surface area contributed by atoms with Gasteiger partial charge in [0.15, 0.2) is 5.67 Å². The Morgan fingerprint density at radius 2 is 2.06 bits per heavy atom. The molecule has 0 aliphatic carbocycles. The molecular formula is C12H21BrFN3. The molecule has 5 heteroatoms. The first-order valence-corrected chi connectivity index (χ1v) is 6.68. The molecule has 0 aromatic carbocycles. The molecule has 0 bridgehead atoms. The molecule has 1 unspecified atom stereocenters. The molecule has 0 spiro atoms. The van der Waals surface area contributed by atoms with E-state index in [0.29, 0.717) is 16.7 Å². The summed E-state index contributed by atoms with van der Waals surface area (Å²) >= 11 is 3.38. The van der Waals surface area contributed by atoms with E-state index in [1.165, 1.54) is 0 Å². The molecule has 1 heterocycles. The summed E-state index contributed by atoms with van der Waals surface area (Å²) in [6, 6.07) is 0. The second-order valence-corrected chi connectivity index (χ2v) is 6.17. The van der Waals surface area contributed by atoms with Crippen molar-refractivity contribution in [2.24, 2.45) is 11.1 Å². The molecule has 0 amide bonds. The van der Waals surface area contributed by atoms with Crippen molar-refractivity contribution >= 4 is 15.9 Å². The number of halogens is 2. The van der Waals surface area contributed by atoms with Crippen molar-refractivity contribution in [2.75, 3.05) is 6.54 Å². The quantitative estimate of drug-likeness (QED) is 0.928. The molecule has 0 aliphatic rings. The standard InChI is InChI=1S/C12H21BrFN3/c1-5-6-17-10(9(13)7-16-17)12(14,8-15)11(2,3)4/h7H,5-6,8,15H2,1-4H3. The summed E-state index contributed by atoms with van der Waals surface area (Å²) in [5, 5.41) is 4.21. The van der Waals surface area contributed by atoms with Crippen LogP contribution in [0.2, 0.25) is 0 Å². The fourth-order valence-corrected chi connectivity index (χ4v) is 2.51. The normalized spacial score (nSPS) is 15.9. The molecule has 98 valence electrons. The van der Waals surface area contributed by atoms with Crippen molar-refractivity contribution < 1.29 is 4.39 Å². The van der Waals surface area contributed by atoms with Crippen molar-refractivity contribution in [1.82, 2.24) is 9.78 Å². The summed E-state index contributed by atoms with van der Waals surface area (Å²) in [6.45, 7) is 8.26. The molecule has 2 N–H and O–H groups in total. The molecule has 3 nitrogen and oxygen atoms in total. The number of alkyl halides is 1. The first kappa shape index (κ1) is 14.6. The Morgan fingerprint density at radius 1 is 1.47 bits per heavy atom. The number of aromatic nitrogens is 2. The van der Waals surface area contributed by atoms with E-state index in [1.807, 2.05) is 27.7 Å². The molecule has 0 fully saturated rings. The first-order valence-electron chi connectivity index (χ1n) is 5.88. The summed E-state index contributed by atoms with van der Waals surface area (Å²) in [4.78, 5) is 0. The van der Waals surface area contributed by atoms with Gasteiger partial charge in [-0.3, -0.25) is 4.68 Å². The Morgan fingerprint density at radius 3 is 2.47 bits per heavy atom. The monoisotopic (exact) mass is 305 g/mol. The lowest BCUT2D eigenvalue weighted by atomic mass is 9.76. The molecular weight excluding hydrogens is 285 g/mol. The highest BCUT2D eigenvalue weighted by Crippen LogP contribution is 2.44. The van der Waals surface area contributed by atoms with E-state index in [4.69, 9.17) is 5.73 Å². The van der Waals surface area contributed by atoms with Gasteiger partial charge in [-0.05, 0) is 22.4 Å². The number of aryl methyl sites for hydroxylation is 1. The minimum absolute atomic E-state index is 0.0511. The van der Waals surface area contributed by atoms with Crippen molar-refractivity contribution in [1.29, 1.82) is 0 Å². The zero-order valence-corrected chi connectivity index (χ0v) is 12.5. The van der Waals surface area contributed by atoms with Gasteiger partial charge in [-0.25, -0.2) is 4.39 Å². The molecule has 0 radical (unpaired) electrons. The van der Waals surface area contributed by atoms with Crippen LogP contribution in [0.15, 0.2) is 10.7 Å². The zero-order valence-electron chi connectivity index (χ0n) is 10.9. The Labute approximate surface area is 111 Å². The largest absolute Gasteiger partial charge is 0.327 e. The maximum atomic E-state index is 15.2. The van der Waals surface area contributed by atoms with Crippen LogP contribution in [0.4, 0.5) is 4.39 Å². The molecule has 0 aliphatic heterocycles. The molecule has 1 aromatic rings. The van der Waals surface area contributed by atoms with Crippen molar-refractivity contribution in [3.05, 3.63) is 16.4 Å². The van der Waals surface area contributed by atoms with E-state index in [1.54, 1.807) is 10.9 Å². The van der Waals surface area contributed by atoms with Gasteiger partial charge in [0.05, 0.1) is 16.4 Å². The van der Waals surface area contributed by atoms with Crippen LogP contribution in [0, 0.1) is 5.41 Å². The molecule has 1 atom stereocenters. The minimum atomic E-state index is -1.59. The summed E-state index contributed by atoms with van der Waals surface area (Å²) < 4.78 is 17.6. The smallest absolute Gasteiger partial charge is 0.170 e. The van der Waals surface area contributed by atoms with Crippen LogP contribution in [-0.4, -0.2) is 16.3 Å². The van der Waals surface area contributed by atoms with E-state index in [9.17, 15) is 0 Å². The fraction of sp³-hybridized carbons (Fsp3) is 0.750. The third-order valence-corrected chi connectivity index (χ3v) is 3.66. The van der Waals surface area contributed by atoms with Crippen LogP contribution in [0.25, 0.3) is 0 Å². The van der Waals surface area contributed by atoms with Crippen molar-refractivity contribution in [3.63, 3.8) is 0 Å². The van der Waals surface area contributed by atoms with E-state index in [-0.39, 0.29) is 6.54 Å². The van der Waals surface area contributed by atoms with Gasteiger partial charge in [0, 0.05) is 18.5 Å². The van der Waals surface area contributed by atoms with Crippen LogP contribution >= 0.6 is 15.9 Å². The Kier molecular flexibility index (Phi) is 4.36. The molecule has 1 aromatic heterocycles. The van der Waals surface area contributed by atoms with E-state index in [2.05, 4.69) is 21.0 Å². The topological polar surface area (TPSA) is 43.8 Å². The SMILES string of the molecule is CCCn1ncc(Br)c1C(F)(CN)C(C)(C)C. The van der Waals surface area contributed by atoms with Crippen LogP contribution in [0.5, 0.6) is 0 Å². The summed E-state index contributed by atoms with van der Waals surface area (Å²) in [7, 11) is 0. The van der Waals surface area contributed by atoms with Crippen LogP contribution in [0.1, 0.15) is 39.8 Å². The molecule has 17 heavy (non-hydrogen) atoms. The number of nitrogens with zero attached hydrogens (tertiary/aromatic N) is 2. The maximum absolute atomic E-state index is 15.2. The third kappa shape index (κ3) is 2.55. The lowest BCUT2D eigenvalue weighted by molar-refractivity contribution is 0.0244. The van der Waals surface area contributed by atoms with Gasteiger partial charge in [0.25, 0.3) is 0 Å². The average Bonchev–Trinajstić information content (AvgIpc) is 2.58. The van der Waals surface area contributed by atoms with Gasteiger partial charge in [0.1, 0.15) is 0 Å². The number of hydrogen-bond donors (Lipinski definition) is 1. The van der Waals surface area contributed by atoms with Crippen LogP contribution in [0.3, 0.4) is 0 Å². The maximum Gasteiger partial charge on any atom is 0.170 e. The second kappa shape index (κ2) is 5.06. The van der Waals surface area contributed by atoms with Gasteiger partial charge in [-0.2, -0.15) is 5.10 Å². The van der Waals surface area contributed by atoms with Gasteiger partial charge < -0.3 is 5.73 Å². The number of nitrogens with two attached hydrogens (primary N) is 1. The predicted molar refractivity (Wildman–Crippen MR) is 71.5 cm³/mol. The lowest BCUT2D eigenvalue weighted by Gasteiger charge is -2.37. The third-order valence-electron chi connectivity index (χ3n) is 3.08. The van der Waals surface area contributed by atoms with Crippen LogP contribution < -0.4 is 5.73 Å². The molecule has 0 saturated carbocycles. The summed E-state index contributed by atoms with van der Waals surface area (Å²) in [6.07, 6.45) is 2.55. The summed E-state index contributed by atoms with van der Waals surface area (Å²) in [5.41, 5.74) is 4.07. The van der Waals surface area contributed by atoms with Gasteiger partial charge in [-0.15, -0.1) is 0 Å². The minimum Gasteiger partial charge on any atom is -0.327 e. The molecule has 0 saturated heterocycles. The number of hydrogen-bond acceptors (Lipinski definition) is 2. The fourth-order valence-electron chi connectivity index (χ4n) is 1.90. The first-order chi connectivity index (χ1) is 7.78. The van der Waals surface area contributed by atoms with E-state index in [0.717, 1.165) is 6.42 Å². The highest BCUT2D eigenvalue weighted by atomic mass is 79.9. The Bertz CT molecular complexity index is 384. The van der Waals surface area contributed by atoms with Gasteiger partial charge in [0.2, 0.25) is 0 Å². The van der Waals surface area contributed by atoms with Gasteiger partial charge >= 0.3 is 0 Å². The second-order valence-electron chi connectivity index (χ2n) is 5.32. The van der Waals surface area contributed by atoms with Crippen molar-refractivity contribution in [3.8, 4) is 0 Å². The van der Waals surface area contributed by atoms with E-state index >= 15 is 4.39 Å². The van der Waals surface area contributed by atoms with E-state index < -0.39 is 11.1 Å². The highest BCUT2D eigenvalue weighted by Gasteiger charge is 2.46. The predicted octanol–water partition coefficient (Wildman–Crippen LogP) is 3.23. The summed E-state index contributed by atoms with van der Waals surface area (Å²) in [5.74, 6) is 0. The van der Waals surface area contributed by atoms with Gasteiger partial charge in [-0.1, -0.05) is 27.7 Å². The molecule has 1 rings (SSSR count). The van der Waals surface area contributed by atoms with Crippen LogP contribution in [-0.2, 0) is 12.2 Å². The zero-order chi connectivity index (χ0) is 13.3. The Balaban J connectivity index is 3.33. The number of rotatable bonds is 4. The Hall–Kier alpha value is -0.420. The lowest BCUT2D eigenvalue weighted by Crippen LogP contribution is -2.44. The highest BCUT2D eigenvalue weighted by molar-refractivity contribution is 9.10. The average molecular weight is 306 g/mol.